The van der Waals surface area contributed by atoms with E-state index < -0.39 is 0 Å². The molecule has 0 radical (unpaired) electrons. The predicted molar refractivity (Wildman–Crippen MR) is 71.9 cm³/mol. The molecule has 1 aromatic carbocycles. The minimum Gasteiger partial charge on any atom is -0.491 e. The number of benzene rings is 1. The van der Waals surface area contributed by atoms with Gasteiger partial charge in [-0.25, -0.2) is 4.39 Å². The molecular formula is C13H19BrFNO. The summed E-state index contributed by atoms with van der Waals surface area (Å²) in [4.78, 5) is 0. The molecule has 0 aromatic heterocycles. The van der Waals surface area contributed by atoms with Crippen molar-refractivity contribution in [2.24, 2.45) is 5.92 Å². The summed E-state index contributed by atoms with van der Waals surface area (Å²) in [6.45, 7) is 6.80. The number of hydrogen-bond acceptors (Lipinski definition) is 2. The fourth-order valence-corrected chi connectivity index (χ4v) is 1.81. The summed E-state index contributed by atoms with van der Waals surface area (Å²) in [6, 6.07) is 4.43. The van der Waals surface area contributed by atoms with E-state index in [2.05, 4.69) is 35.1 Å². The molecular weight excluding hydrogens is 285 g/mol. The van der Waals surface area contributed by atoms with Gasteiger partial charge in [0.05, 0.1) is 4.47 Å². The Labute approximate surface area is 111 Å². The van der Waals surface area contributed by atoms with Gasteiger partial charge in [0.25, 0.3) is 0 Å². The maximum atomic E-state index is 12.8. The largest absolute Gasteiger partial charge is 0.491 e. The van der Waals surface area contributed by atoms with E-state index in [0.29, 0.717) is 16.8 Å². The third kappa shape index (κ3) is 6.03. The molecule has 0 heterocycles. The lowest BCUT2D eigenvalue weighted by molar-refractivity contribution is 0.310. The van der Waals surface area contributed by atoms with Crippen molar-refractivity contribution in [3.63, 3.8) is 0 Å². The fraction of sp³-hybridized carbons (Fsp3) is 0.538. The Bertz CT molecular complexity index is 344. The lowest BCUT2D eigenvalue weighted by atomic mass is 10.1. The number of hydrogen-bond donors (Lipinski definition) is 1. The average Bonchev–Trinajstić information content (AvgIpc) is 2.25. The molecule has 2 nitrogen and oxygen atoms in total. The predicted octanol–water partition coefficient (Wildman–Crippen LogP) is 3.60. The standard InChI is InChI=1S/C13H19BrFNO/c1-10(2)5-6-16-7-8-17-13-4-3-11(15)9-12(13)14/h3-4,9-10,16H,5-8H2,1-2H3. The summed E-state index contributed by atoms with van der Waals surface area (Å²) in [5.41, 5.74) is 0. The first kappa shape index (κ1) is 14.5. The van der Waals surface area contributed by atoms with Crippen LogP contribution in [0.2, 0.25) is 0 Å². The van der Waals surface area contributed by atoms with Crippen molar-refractivity contribution >= 4 is 15.9 Å². The van der Waals surface area contributed by atoms with E-state index in [1.165, 1.54) is 18.6 Å². The molecule has 4 heteroatoms. The first-order valence-electron chi connectivity index (χ1n) is 5.88. The van der Waals surface area contributed by atoms with Gasteiger partial charge in [-0.1, -0.05) is 13.8 Å². The first-order valence-corrected chi connectivity index (χ1v) is 6.67. The fourth-order valence-electron chi connectivity index (χ4n) is 1.34. The molecule has 0 amide bonds. The molecule has 0 aliphatic carbocycles. The van der Waals surface area contributed by atoms with E-state index in [9.17, 15) is 4.39 Å². The van der Waals surface area contributed by atoms with Crippen molar-refractivity contribution in [2.75, 3.05) is 19.7 Å². The van der Waals surface area contributed by atoms with Gasteiger partial charge in [0.1, 0.15) is 18.2 Å². The molecule has 17 heavy (non-hydrogen) atoms. The number of rotatable bonds is 7. The molecule has 96 valence electrons. The molecule has 1 aromatic rings. The Kier molecular flexibility index (Phi) is 6.52. The highest BCUT2D eigenvalue weighted by molar-refractivity contribution is 9.10. The molecule has 0 aliphatic rings. The first-order chi connectivity index (χ1) is 8.09. The van der Waals surface area contributed by atoms with Gasteiger partial charge in [0.15, 0.2) is 0 Å². The van der Waals surface area contributed by atoms with Gasteiger partial charge in [-0.2, -0.15) is 0 Å². The normalized spacial score (nSPS) is 10.9. The summed E-state index contributed by atoms with van der Waals surface area (Å²) < 4.78 is 19.0. The van der Waals surface area contributed by atoms with E-state index in [4.69, 9.17) is 4.74 Å². The molecule has 0 spiro atoms. The Morgan fingerprint density at radius 2 is 2.12 bits per heavy atom. The molecule has 0 fully saturated rings. The van der Waals surface area contributed by atoms with Crippen molar-refractivity contribution in [3.8, 4) is 5.75 Å². The third-order valence-corrected chi connectivity index (χ3v) is 2.95. The smallest absolute Gasteiger partial charge is 0.133 e. The SMILES string of the molecule is CC(C)CCNCCOc1ccc(F)cc1Br. The second-order valence-corrected chi connectivity index (χ2v) is 5.21. The number of halogens is 2. The van der Waals surface area contributed by atoms with Crippen LogP contribution in [-0.4, -0.2) is 19.7 Å². The van der Waals surface area contributed by atoms with Gasteiger partial charge < -0.3 is 10.1 Å². The van der Waals surface area contributed by atoms with Crippen molar-refractivity contribution < 1.29 is 9.13 Å². The van der Waals surface area contributed by atoms with Crippen LogP contribution in [-0.2, 0) is 0 Å². The molecule has 0 saturated carbocycles. The van der Waals surface area contributed by atoms with Crippen LogP contribution in [0.1, 0.15) is 20.3 Å². The van der Waals surface area contributed by atoms with Crippen LogP contribution >= 0.6 is 15.9 Å². The zero-order chi connectivity index (χ0) is 12.7. The highest BCUT2D eigenvalue weighted by Crippen LogP contribution is 2.25. The Hall–Kier alpha value is -0.610. The summed E-state index contributed by atoms with van der Waals surface area (Å²) in [5.74, 6) is 1.13. The summed E-state index contributed by atoms with van der Waals surface area (Å²) in [7, 11) is 0. The van der Waals surface area contributed by atoms with Gasteiger partial charge >= 0.3 is 0 Å². The molecule has 0 aliphatic heterocycles. The average molecular weight is 304 g/mol. The Morgan fingerprint density at radius 1 is 1.35 bits per heavy atom. The molecule has 1 N–H and O–H groups in total. The summed E-state index contributed by atoms with van der Waals surface area (Å²) >= 11 is 3.26. The van der Waals surface area contributed by atoms with Gasteiger partial charge in [-0.15, -0.1) is 0 Å². The van der Waals surface area contributed by atoms with Crippen LogP contribution in [0, 0.1) is 11.7 Å². The van der Waals surface area contributed by atoms with E-state index in [0.717, 1.165) is 19.0 Å². The van der Waals surface area contributed by atoms with Gasteiger partial charge in [0, 0.05) is 6.54 Å². The topological polar surface area (TPSA) is 21.3 Å². The van der Waals surface area contributed by atoms with E-state index in [1.54, 1.807) is 6.07 Å². The van der Waals surface area contributed by atoms with E-state index >= 15 is 0 Å². The zero-order valence-electron chi connectivity index (χ0n) is 10.3. The second-order valence-electron chi connectivity index (χ2n) is 4.36. The monoisotopic (exact) mass is 303 g/mol. The van der Waals surface area contributed by atoms with Crippen LogP contribution in [0.5, 0.6) is 5.75 Å². The van der Waals surface area contributed by atoms with Crippen molar-refractivity contribution in [3.05, 3.63) is 28.5 Å². The highest BCUT2D eigenvalue weighted by atomic mass is 79.9. The maximum Gasteiger partial charge on any atom is 0.133 e. The lowest BCUT2D eigenvalue weighted by Crippen LogP contribution is -2.23. The highest BCUT2D eigenvalue weighted by Gasteiger charge is 2.02. The van der Waals surface area contributed by atoms with Crippen molar-refractivity contribution in [1.29, 1.82) is 0 Å². The quantitative estimate of drug-likeness (QED) is 0.777. The number of nitrogens with one attached hydrogen (secondary N) is 1. The van der Waals surface area contributed by atoms with Crippen LogP contribution in [0.25, 0.3) is 0 Å². The maximum absolute atomic E-state index is 12.8. The molecule has 1 rings (SSSR count). The second kappa shape index (κ2) is 7.67. The summed E-state index contributed by atoms with van der Waals surface area (Å²) in [5, 5.41) is 3.30. The molecule has 0 bridgehead atoms. The van der Waals surface area contributed by atoms with Crippen LogP contribution in [0.15, 0.2) is 22.7 Å². The van der Waals surface area contributed by atoms with Crippen LogP contribution in [0.3, 0.4) is 0 Å². The van der Waals surface area contributed by atoms with Crippen molar-refractivity contribution in [1.82, 2.24) is 5.32 Å². The van der Waals surface area contributed by atoms with Crippen LogP contribution in [0.4, 0.5) is 4.39 Å². The Morgan fingerprint density at radius 3 is 2.76 bits per heavy atom. The van der Waals surface area contributed by atoms with Crippen molar-refractivity contribution in [2.45, 2.75) is 20.3 Å². The molecule has 0 atom stereocenters. The third-order valence-electron chi connectivity index (χ3n) is 2.33. The zero-order valence-corrected chi connectivity index (χ0v) is 11.9. The van der Waals surface area contributed by atoms with Gasteiger partial charge in [-0.05, 0) is 53.0 Å². The minimum atomic E-state index is -0.265. The van der Waals surface area contributed by atoms with Crippen LogP contribution < -0.4 is 10.1 Å². The summed E-state index contributed by atoms with van der Waals surface area (Å²) in [6.07, 6.45) is 1.17. The van der Waals surface area contributed by atoms with Gasteiger partial charge in [0.2, 0.25) is 0 Å². The lowest BCUT2D eigenvalue weighted by Gasteiger charge is -2.10. The van der Waals surface area contributed by atoms with E-state index in [1.807, 2.05) is 0 Å². The number of ether oxygens (including phenoxy) is 1. The minimum absolute atomic E-state index is 0.265. The Balaban J connectivity index is 2.18. The van der Waals surface area contributed by atoms with E-state index in [-0.39, 0.29) is 5.82 Å². The molecule has 0 unspecified atom stereocenters. The molecule has 0 saturated heterocycles. The van der Waals surface area contributed by atoms with Gasteiger partial charge in [-0.3, -0.25) is 0 Å².